The van der Waals surface area contributed by atoms with Gasteiger partial charge in [-0.2, -0.15) is 5.26 Å². The first-order valence-corrected chi connectivity index (χ1v) is 14.8. The number of nitrogens with zero attached hydrogens (tertiary/aromatic N) is 5. The first-order valence-electron chi connectivity index (χ1n) is 14.1. The molecule has 1 aromatic heterocycles. The fourth-order valence-electron chi connectivity index (χ4n) is 5.40. The van der Waals surface area contributed by atoms with Crippen molar-refractivity contribution >= 4 is 46.6 Å². The van der Waals surface area contributed by atoms with Crippen molar-refractivity contribution in [3.05, 3.63) is 63.8 Å². The van der Waals surface area contributed by atoms with Crippen LogP contribution in [0.15, 0.2) is 36.5 Å². The van der Waals surface area contributed by atoms with E-state index in [1.165, 1.54) is 29.0 Å². The molecule has 44 heavy (non-hydrogen) atoms. The van der Waals surface area contributed by atoms with E-state index in [9.17, 15) is 18.8 Å². The van der Waals surface area contributed by atoms with Gasteiger partial charge >= 0.3 is 0 Å². The van der Waals surface area contributed by atoms with E-state index in [4.69, 9.17) is 33.2 Å². The number of piperazine rings is 1. The second kappa shape index (κ2) is 13.6. The quantitative estimate of drug-likeness (QED) is 0.399. The van der Waals surface area contributed by atoms with Gasteiger partial charge in [-0.15, -0.1) is 0 Å². The first-order chi connectivity index (χ1) is 21.2. The summed E-state index contributed by atoms with van der Waals surface area (Å²) >= 11 is 12.7. The highest BCUT2D eigenvalue weighted by Crippen LogP contribution is 2.35. The Bertz CT molecular complexity index is 1630. The number of benzene rings is 2. The highest BCUT2D eigenvalue weighted by Gasteiger charge is 2.30. The second-order valence-electron chi connectivity index (χ2n) is 10.5. The molecule has 0 spiro atoms. The molecule has 2 N–H and O–H groups in total. The van der Waals surface area contributed by atoms with Crippen LogP contribution in [0.25, 0.3) is 11.3 Å². The molecular formula is C30H30Cl2FN7O4. The van der Waals surface area contributed by atoms with E-state index in [0.29, 0.717) is 43.1 Å². The van der Waals surface area contributed by atoms with Crippen LogP contribution in [0.4, 0.5) is 10.1 Å². The molecule has 0 aliphatic carbocycles. The van der Waals surface area contributed by atoms with Gasteiger partial charge in [-0.1, -0.05) is 23.2 Å². The van der Waals surface area contributed by atoms with E-state index in [0.717, 1.165) is 25.9 Å². The number of nitrogens with one attached hydrogen (secondary N) is 2. The average Bonchev–Trinajstić information content (AvgIpc) is 3.42. The maximum Gasteiger partial charge on any atom is 0.291 e. The van der Waals surface area contributed by atoms with E-state index >= 15 is 0 Å². The van der Waals surface area contributed by atoms with Crippen LogP contribution in [0.1, 0.15) is 33.8 Å². The van der Waals surface area contributed by atoms with E-state index in [2.05, 4.69) is 15.6 Å². The zero-order chi connectivity index (χ0) is 31.4. The van der Waals surface area contributed by atoms with Gasteiger partial charge in [-0.25, -0.2) is 9.37 Å². The number of rotatable bonds is 7. The number of carbonyl (C=O) groups excluding carboxylic acids is 3. The van der Waals surface area contributed by atoms with Crippen LogP contribution >= 0.6 is 23.2 Å². The number of hydrogen-bond donors (Lipinski definition) is 2. The molecule has 230 valence electrons. The van der Waals surface area contributed by atoms with Crippen molar-refractivity contribution in [3.63, 3.8) is 0 Å². The number of hydrogen-bond acceptors (Lipinski definition) is 7. The Labute approximate surface area is 263 Å². The molecule has 0 unspecified atom stereocenters. The lowest BCUT2D eigenvalue weighted by Crippen LogP contribution is -2.52. The second-order valence-corrected chi connectivity index (χ2v) is 11.3. The number of carbonyl (C=O) groups is 3. The smallest absolute Gasteiger partial charge is 0.291 e. The minimum Gasteiger partial charge on any atom is -0.476 e. The van der Waals surface area contributed by atoms with Gasteiger partial charge in [-0.3, -0.25) is 14.4 Å². The van der Waals surface area contributed by atoms with E-state index in [-0.39, 0.29) is 51.5 Å². The largest absolute Gasteiger partial charge is 0.476 e. The third-order valence-corrected chi connectivity index (χ3v) is 8.51. The van der Waals surface area contributed by atoms with Gasteiger partial charge in [0.1, 0.15) is 6.07 Å². The van der Waals surface area contributed by atoms with Gasteiger partial charge < -0.3 is 29.7 Å². The highest BCUT2D eigenvalue weighted by molar-refractivity contribution is 6.34. The number of piperidine rings is 1. The van der Waals surface area contributed by atoms with Crippen molar-refractivity contribution in [1.29, 1.82) is 5.26 Å². The Kier molecular flexibility index (Phi) is 9.68. The summed E-state index contributed by atoms with van der Waals surface area (Å²) in [6, 6.07) is 9.23. The lowest BCUT2D eigenvalue weighted by atomic mass is 9.96. The van der Waals surface area contributed by atoms with Gasteiger partial charge in [0.15, 0.2) is 24.0 Å². The molecule has 0 saturated carbocycles. The molecule has 3 aromatic rings. The summed E-state index contributed by atoms with van der Waals surface area (Å²) < 4.78 is 21.2. The van der Waals surface area contributed by atoms with Gasteiger partial charge in [0.25, 0.3) is 11.8 Å². The number of ether oxygens (including phenoxy) is 1. The Balaban J connectivity index is 1.22. The van der Waals surface area contributed by atoms with Gasteiger partial charge in [0.2, 0.25) is 5.91 Å². The number of aromatic nitrogens is 2. The van der Waals surface area contributed by atoms with E-state index < -0.39 is 11.7 Å². The molecule has 5 rings (SSSR count). The third-order valence-electron chi connectivity index (χ3n) is 7.83. The Morgan fingerprint density at radius 1 is 1.11 bits per heavy atom. The van der Waals surface area contributed by atoms with Crippen LogP contribution in [0.2, 0.25) is 10.0 Å². The Morgan fingerprint density at radius 2 is 1.82 bits per heavy atom. The average molecular weight is 643 g/mol. The summed E-state index contributed by atoms with van der Waals surface area (Å²) in [5, 5.41) is 14.6. The first kappa shape index (κ1) is 31.3. The molecule has 14 heteroatoms. The lowest BCUT2D eigenvalue weighted by Gasteiger charge is -2.37. The summed E-state index contributed by atoms with van der Waals surface area (Å²) in [7, 11) is 1.58. The SMILES string of the molecule is Cn1c(-c2ccc(OCC#N)c(F)c2Cl)cnc1C(=O)Nc1ccc(C(=O)N2CCN(C(=O)C3CCNCC3)CC2)c(Cl)c1. The molecule has 2 fully saturated rings. The summed E-state index contributed by atoms with van der Waals surface area (Å²) in [5.74, 6) is -1.58. The summed E-state index contributed by atoms with van der Waals surface area (Å²) in [4.78, 5) is 46.9. The summed E-state index contributed by atoms with van der Waals surface area (Å²) in [6.45, 7) is 3.13. The van der Waals surface area contributed by atoms with E-state index in [1.807, 2.05) is 4.90 Å². The minimum atomic E-state index is -0.830. The predicted molar refractivity (Wildman–Crippen MR) is 162 cm³/mol. The number of nitriles is 1. The molecule has 3 amide bonds. The maximum atomic E-state index is 14.7. The van der Waals surface area contributed by atoms with Crippen molar-refractivity contribution in [1.82, 2.24) is 24.7 Å². The fraction of sp³-hybridized carbons (Fsp3) is 0.367. The number of anilines is 1. The molecule has 0 radical (unpaired) electrons. The molecule has 2 saturated heterocycles. The maximum absolute atomic E-state index is 14.7. The Morgan fingerprint density at radius 3 is 2.50 bits per heavy atom. The number of amides is 3. The number of halogens is 3. The van der Waals surface area contributed by atoms with Crippen LogP contribution in [0.3, 0.4) is 0 Å². The third kappa shape index (κ3) is 6.50. The lowest BCUT2D eigenvalue weighted by molar-refractivity contribution is -0.137. The zero-order valence-electron chi connectivity index (χ0n) is 23.9. The monoisotopic (exact) mass is 641 g/mol. The van der Waals surface area contributed by atoms with Crippen LogP contribution in [-0.2, 0) is 11.8 Å². The molecule has 2 aromatic carbocycles. The van der Waals surface area contributed by atoms with Gasteiger partial charge in [0, 0.05) is 50.4 Å². The standard InChI is InChI=1S/C30H30Cl2FN7O4/c1-38-23(21-4-5-24(44-15-8-34)26(33)25(21)32)17-36-27(38)28(41)37-19-2-3-20(22(31)16-19)30(43)40-13-11-39(12-14-40)29(42)18-6-9-35-10-7-18/h2-5,16-18,35H,6-7,9-15H2,1H3,(H,37,41). The van der Waals surface area contributed by atoms with Crippen LogP contribution in [-0.4, -0.2) is 82.9 Å². The Hall–Kier alpha value is -4.18. The topological polar surface area (TPSA) is 133 Å². The molecule has 2 aliphatic rings. The molecule has 0 atom stereocenters. The molecule has 2 aliphatic heterocycles. The molecular weight excluding hydrogens is 612 g/mol. The predicted octanol–water partition coefficient (Wildman–Crippen LogP) is 3.97. The summed E-state index contributed by atoms with van der Waals surface area (Å²) in [5.41, 5.74) is 1.30. The molecule has 0 bridgehead atoms. The van der Waals surface area contributed by atoms with Gasteiger partial charge in [-0.05, 0) is 56.3 Å². The minimum absolute atomic E-state index is 0.0227. The highest BCUT2D eigenvalue weighted by atomic mass is 35.5. The van der Waals surface area contributed by atoms with Crippen LogP contribution in [0, 0.1) is 23.1 Å². The zero-order valence-corrected chi connectivity index (χ0v) is 25.4. The van der Waals surface area contributed by atoms with Crippen LogP contribution < -0.4 is 15.4 Å². The van der Waals surface area contributed by atoms with Crippen molar-refractivity contribution in [2.45, 2.75) is 12.8 Å². The summed E-state index contributed by atoms with van der Waals surface area (Å²) in [6.07, 6.45) is 3.06. The van der Waals surface area contributed by atoms with Crippen molar-refractivity contribution in [2.75, 3.05) is 51.2 Å². The van der Waals surface area contributed by atoms with Gasteiger partial charge in [0.05, 0.1) is 27.5 Å². The normalized spacial score (nSPS) is 15.5. The van der Waals surface area contributed by atoms with Crippen molar-refractivity contribution in [2.24, 2.45) is 13.0 Å². The number of imidazole rings is 1. The molecule has 11 nitrogen and oxygen atoms in total. The van der Waals surface area contributed by atoms with E-state index in [1.54, 1.807) is 30.1 Å². The fourth-order valence-corrected chi connectivity index (χ4v) is 5.92. The van der Waals surface area contributed by atoms with Crippen molar-refractivity contribution in [3.8, 4) is 23.1 Å². The van der Waals surface area contributed by atoms with Crippen molar-refractivity contribution < 1.29 is 23.5 Å². The van der Waals surface area contributed by atoms with Crippen LogP contribution in [0.5, 0.6) is 5.75 Å². The molecule has 3 heterocycles.